The maximum atomic E-state index is 14.2. The van der Waals surface area contributed by atoms with E-state index in [4.69, 9.17) is 0 Å². The number of rotatable bonds is 10. The van der Waals surface area contributed by atoms with E-state index in [-0.39, 0.29) is 48.4 Å². The second-order valence-corrected chi connectivity index (χ2v) is 9.60. The standard InChI is InChI=1S/C19H29FN6O3S/c1-11(2)8-14(10-27)22-18-23-16(24-19(25-18)26-30(5,28)29)9-12(3)17-15(20)7-6-13(4)21-17/h6-7,11-12,14,27H,8-10H2,1-5H3,(H2,22,23,24,25,26)/t12?,14-/m1/s1. The lowest BCUT2D eigenvalue weighted by Gasteiger charge is -2.19. The fourth-order valence-corrected chi connectivity index (χ4v) is 3.42. The third-order valence-corrected chi connectivity index (χ3v) is 4.79. The minimum absolute atomic E-state index is 0.135. The van der Waals surface area contributed by atoms with E-state index in [9.17, 15) is 17.9 Å². The van der Waals surface area contributed by atoms with Crippen molar-refractivity contribution in [3.8, 4) is 0 Å². The van der Waals surface area contributed by atoms with Crippen LogP contribution >= 0.6 is 0 Å². The number of pyridine rings is 1. The second-order valence-electron chi connectivity index (χ2n) is 7.85. The molecular formula is C19H29FN6O3S. The Kier molecular flexibility index (Phi) is 8.02. The van der Waals surface area contributed by atoms with Crippen molar-refractivity contribution in [2.75, 3.05) is 22.9 Å². The maximum Gasteiger partial charge on any atom is 0.241 e. The quantitative estimate of drug-likeness (QED) is 0.513. The van der Waals surface area contributed by atoms with Crippen molar-refractivity contribution in [3.05, 3.63) is 35.2 Å². The minimum atomic E-state index is -3.61. The number of sulfonamides is 1. The van der Waals surface area contributed by atoms with Crippen LogP contribution in [0, 0.1) is 18.7 Å². The first-order valence-corrected chi connectivity index (χ1v) is 11.6. The highest BCUT2D eigenvalue weighted by molar-refractivity contribution is 7.91. The van der Waals surface area contributed by atoms with Gasteiger partial charge < -0.3 is 10.4 Å². The van der Waals surface area contributed by atoms with Crippen LogP contribution in [0.2, 0.25) is 0 Å². The average molecular weight is 441 g/mol. The summed E-state index contributed by atoms with van der Waals surface area (Å²) in [5.41, 5.74) is 0.978. The molecule has 0 amide bonds. The van der Waals surface area contributed by atoms with Crippen molar-refractivity contribution < 1.29 is 17.9 Å². The fourth-order valence-electron chi connectivity index (χ4n) is 2.99. The Morgan fingerprint density at radius 2 is 1.77 bits per heavy atom. The molecule has 9 nitrogen and oxygen atoms in total. The Labute approximate surface area is 176 Å². The Morgan fingerprint density at radius 3 is 2.37 bits per heavy atom. The summed E-state index contributed by atoms with van der Waals surface area (Å²) < 4.78 is 39.7. The van der Waals surface area contributed by atoms with Crippen molar-refractivity contribution >= 4 is 21.9 Å². The summed E-state index contributed by atoms with van der Waals surface area (Å²) in [5, 5.41) is 12.6. The predicted octanol–water partition coefficient (Wildman–Crippen LogP) is 2.25. The Balaban J connectivity index is 2.34. The van der Waals surface area contributed by atoms with Crippen molar-refractivity contribution in [3.63, 3.8) is 0 Å². The fraction of sp³-hybridized carbons (Fsp3) is 0.579. The van der Waals surface area contributed by atoms with Crippen molar-refractivity contribution in [2.45, 2.75) is 52.5 Å². The van der Waals surface area contributed by atoms with Crippen LogP contribution in [0.4, 0.5) is 16.3 Å². The second kappa shape index (κ2) is 10.1. The molecular weight excluding hydrogens is 411 g/mol. The Hall–Kier alpha value is -2.40. The highest BCUT2D eigenvalue weighted by atomic mass is 32.2. The first-order chi connectivity index (χ1) is 14.0. The monoisotopic (exact) mass is 440 g/mol. The zero-order valence-corrected chi connectivity index (χ0v) is 18.7. The molecule has 1 unspecified atom stereocenters. The molecule has 166 valence electrons. The number of aromatic nitrogens is 4. The molecule has 0 saturated heterocycles. The van der Waals surface area contributed by atoms with E-state index in [0.29, 0.717) is 18.0 Å². The van der Waals surface area contributed by atoms with Gasteiger partial charge in [-0.1, -0.05) is 20.8 Å². The van der Waals surface area contributed by atoms with Gasteiger partial charge in [0.2, 0.25) is 21.9 Å². The van der Waals surface area contributed by atoms with Crippen LogP contribution in [0.1, 0.15) is 50.3 Å². The van der Waals surface area contributed by atoms with Gasteiger partial charge in [0.15, 0.2) is 0 Å². The zero-order valence-electron chi connectivity index (χ0n) is 17.8. The molecule has 2 rings (SSSR count). The van der Waals surface area contributed by atoms with E-state index in [1.807, 2.05) is 13.8 Å². The molecule has 0 aliphatic carbocycles. The first-order valence-electron chi connectivity index (χ1n) is 9.70. The topological polar surface area (TPSA) is 130 Å². The van der Waals surface area contributed by atoms with Crippen LogP contribution in [0.25, 0.3) is 0 Å². The molecule has 2 heterocycles. The van der Waals surface area contributed by atoms with Crippen LogP contribution in [0.15, 0.2) is 12.1 Å². The van der Waals surface area contributed by atoms with Gasteiger partial charge in [0.25, 0.3) is 0 Å². The van der Waals surface area contributed by atoms with E-state index in [1.165, 1.54) is 6.07 Å². The smallest absolute Gasteiger partial charge is 0.241 e. The molecule has 0 aliphatic heterocycles. The molecule has 2 atom stereocenters. The molecule has 0 bridgehead atoms. The number of nitrogens with one attached hydrogen (secondary N) is 2. The van der Waals surface area contributed by atoms with E-state index in [0.717, 1.165) is 6.26 Å². The number of aliphatic hydroxyl groups excluding tert-OH is 1. The number of nitrogens with zero attached hydrogens (tertiary/aromatic N) is 4. The lowest BCUT2D eigenvalue weighted by atomic mass is 10.0. The van der Waals surface area contributed by atoms with Gasteiger partial charge in [-0.3, -0.25) is 9.71 Å². The van der Waals surface area contributed by atoms with Crippen LogP contribution in [-0.2, 0) is 16.4 Å². The SMILES string of the molecule is Cc1ccc(F)c(C(C)Cc2nc(N[C@@H](CO)CC(C)C)nc(NS(C)(=O)=O)n2)n1. The highest BCUT2D eigenvalue weighted by Crippen LogP contribution is 2.22. The lowest BCUT2D eigenvalue weighted by Crippen LogP contribution is -2.27. The van der Waals surface area contributed by atoms with Crippen molar-refractivity contribution in [2.24, 2.45) is 5.92 Å². The van der Waals surface area contributed by atoms with Gasteiger partial charge in [0.05, 0.1) is 24.6 Å². The lowest BCUT2D eigenvalue weighted by molar-refractivity contribution is 0.259. The number of aliphatic hydroxyl groups is 1. The third-order valence-electron chi connectivity index (χ3n) is 4.24. The van der Waals surface area contributed by atoms with Gasteiger partial charge in [-0.25, -0.2) is 12.8 Å². The molecule has 11 heteroatoms. The number of hydrogen-bond donors (Lipinski definition) is 3. The Morgan fingerprint density at radius 1 is 1.10 bits per heavy atom. The van der Waals surface area contributed by atoms with E-state index < -0.39 is 15.8 Å². The largest absolute Gasteiger partial charge is 0.394 e. The summed E-state index contributed by atoms with van der Waals surface area (Å²) in [4.78, 5) is 16.9. The number of halogens is 1. The highest BCUT2D eigenvalue weighted by Gasteiger charge is 2.19. The molecule has 0 spiro atoms. The summed E-state index contributed by atoms with van der Waals surface area (Å²) in [6.45, 7) is 7.47. The molecule has 0 radical (unpaired) electrons. The van der Waals surface area contributed by atoms with Crippen molar-refractivity contribution in [1.82, 2.24) is 19.9 Å². The van der Waals surface area contributed by atoms with Crippen molar-refractivity contribution in [1.29, 1.82) is 0 Å². The summed E-state index contributed by atoms with van der Waals surface area (Å²) in [7, 11) is -3.61. The molecule has 0 aliphatic rings. The van der Waals surface area contributed by atoms with Crippen LogP contribution in [0.5, 0.6) is 0 Å². The molecule has 0 saturated carbocycles. The first kappa shape index (κ1) is 23.9. The van der Waals surface area contributed by atoms with Crippen LogP contribution in [0.3, 0.4) is 0 Å². The molecule has 2 aromatic heterocycles. The summed E-state index contributed by atoms with van der Waals surface area (Å²) in [6.07, 6.45) is 1.88. The molecule has 2 aromatic rings. The van der Waals surface area contributed by atoms with Crippen LogP contribution in [-0.4, -0.2) is 52.4 Å². The average Bonchev–Trinajstić information content (AvgIpc) is 2.61. The maximum absolute atomic E-state index is 14.2. The molecule has 30 heavy (non-hydrogen) atoms. The van der Waals surface area contributed by atoms with Gasteiger partial charge >= 0.3 is 0 Å². The van der Waals surface area contributed by atoms with Gasteiger partial charge in [-0.15, -0.1) is 0 Å². The zero-order chi connectivity index (χ0) is 22.5. The number of aryl methyl sites for hydroxylation is 1. The summed E-state index contributed by atoms with van der Waals surface area (Å²) in [5.74, 6) is -0.190. The third kappa shape index (κ3) is 7.45. The van der Waals surface area contributed by atoms with Gasteiger partial charge in [0, 0.05) is 18.0 Å². The normalized spacial score (nSPS) is 13.9. The van der Waals surface area contributed by atoms with E-state index >= 15 is 0 Å². The predicted molar refractivity (Wildman–Crippen MR) is 113 cm³/mol. The van der Waals surface area contributed by atoms with Gasteiger partial charge in [-0.05, 0) is 31.4 Å². The van der Waals surface area contributed by atoms with E-state index in [2.05, 4.69) is 30.0 Å². The summed E-state index contributed by atoms with van der Waals surface area (Å²) in [6, 6.07) is 2.65. The molecule has 3 N–H and O–H groups in total. The number of hydrogen-bond acceptors (Lipinski definition) is 8. The Bertz CT molecular complexity index is 971. The van der Waals surface area contributed by atoms with Crippen LogP contribution < -0.4 is 10.0 Å². The minimum Gasteiger partial charge on any atom is -0.394 e. The molecule has 0 fully saturated rings. The van der Waals surface area contributed by atoms with Gasteiger partial charge in [-0.2, -0.15) is 15.0 Å². The van der Waals surface area contributed by atoms with E-state index in [1.54, 1.807) is 19.9 Å². The summed E-state index contributed by atoms with van der Waals surface area (Å²) >= 11 is 0. The number of anilines is 2. The molecule has 0 aromatic carbocycles. The van der Waals surface area contributed by atoms with Gasteiger partial charge in [0.1, 0.15) is 11.6 Å².